The number of nitrogens with one attached hydrogen (secondary N) is 1. The number of carbonyl (C=O) groups excluding carboxylic acids is 1. The molecule has 3 aromatic carbocycles. The number of fused-ring (bicyclic) bond motifs is 1. The van der Waals surface area contributed by atoms with E-state index in [2.05, 4.69) is 10.1 Å². The summed E-state index contributed by atoms with van der Waals surface area (Å²) >= 11 is 0. The number of benzene rings is 3. The fourth-order valence-electron chi connectivity index (χ4n) is 4.65. The summed E-state index contributed by atoms with van der Waals surface area (Å²) in [7, 11) is 0. The number of cyclic esters (lactones) is 1. The number of hydrogen-bond donors (Lipinski definition) is 3. The summed E-state index contributed by atoms with van der Waals surface area (Å²) < 4.78 is 40.8. The van der Waals surface area contributed by atoms with Gasteiger partial charge in [-0.05, 0) is 61.0 Å². The van der Waals surface area contributed by atoms with Crippen LogP contribution in [0, 0.1) is 18.6 Å². The van der Waals surface area contributed by atoms with E-state index in [1.165, 1.54) is 40.0 Å². The highest BCUT2D eigenvalue weighted by molar-refractivity contribution is 5.93. The number of H-pyrrole nitrogens is 1. The van der Waals surface area contributed by atoms with E-state index >= 15 is 0 Å². The van der Waals surface area contributed by atoms with Crippen LogP contribution < -0.4 is 15.4 Å². The molecule has 1 amide bonds. The van der Waals surface area contributed by atoms with Gasteiger partial charge in [0.25, 0.3) is 0 Å². The van der Waals surface area contributed by atoms with Gasteiger partial charge in [-0.1, -0.05) is 12.1 Å². The lowest BCUT2D eigenvalue weighted by Gasteiger charge is -2.13. The molecular weight excluding hydrogens is 508 g/mol. The van der Waals surface area contributed by atoms with E-state index in [-0.39, 0.29) is 30.4 Å². The van der Waals surface area contributed by atoms with E-state index in [4.69, 9.17) is 15.2 Å². The zero-order valence-corrected chi connectivity index (χ0v) is 20.7. The maximum atomic E-state index is 14.8. The molecule has 9 nitrogen and oxygen atoms in total. The summed E-state index contributed by atoms with van der Waals surface area (Å²) in [4.78, 5) is 16.2. The minimum absolute atomic E-state index is 0.0955. The van der Waals surface area contributed by atoms with Crippen LogP contribution in [0.15, 0.2) is 66.9 Å². The summed E-state index contributed by atoms with van der Waals surface area (Å²) in [6.07, 6.45) is -0.332. The number of ether oxygens (including phenoxy) is 2. The molecule has 1 aliphatic heterocycles. The smallest absolute Gasteiger partial charge is 0.414 e. The summed E-state index contributed by atoms with van der Waals surface area (Å²) in [5.74, 6) is -0.285. The molecule has 1 fully saturated rings. The third-order valence-electron chi connectivity index (χ3n) is 6.65. The molecule has 0 radical (unpaired) electrons. The van der Waals surface area contributed by atoms with Gasteiger partial charge in [-0.15, -0.1) is 0 Å². The number of hydrogen-bond acceptors (Lipinski definition) is 6. The van der Waals surface area contributed by atoms with E-state index in [9.17, 15) is 18.7 Å². The largest absolute Gasteiger partial charge is 0.454 e. The Hall–Kier alpha value is -4.90. The standard InChI is InChI=1S/C28H23F2N5O4/c1-15-10-17(39-25-5-3-2-4-19(25)29)6-7-23(15)35-27(31)18(14-32-35)26(36)22-12-16-11-20(30)24(13-21(16)33-22)34-8-9-38-28(34)37/h2-7,10-14,26,33,36H,8-9,31H2,1H3. The first-order valence-corrected chi connectivity index (χ1v) is 12.1. The number of anilines is 2. The first-order chi connectivity index (χ1) is 18.8. The van der Waals surface area contributed by atoms with Gasteiger partial charge >= 0.3 is 6.09 Å². The van der Waals surface area contributed by atoms with Gasteiger partial charge in [0.05, 0.1) is 24.1 Å². The Morgan fingerprint density at radius 1 is 1.10 bits per heavy atom. The molecule has 1 atom stereocenters. The Kier molecular flexibility index (Phi) is 5.92. The van der Waals surface area contributed by atoms with Gasteiger partial charge in [0, 0.05) is 22.2 Å². The number of nitrogens with zero attached hydrogens (tertiary/aromatic N) is 3. The van der Waals surface area contributed by atoms with Crippen molar-refractivity contribution < 1.29 is 28.2 Å². The van der Waals surface area contributed by atoms with Gasteiger partial charge in [0.1, 0.15) is 30.1 Å². The van der Waals surface area contributed by atoms with Gasteiger partial charge in [0.2, 0.25) is 0 Å². The summed E-state index contributed by atoms with van der Waals surface area (Å²) in [6.45, 7) is 2.28. The maximum Gasteiger partial charge on any atom is 0.414 e. The molecule has 0 saturated carbocycles. The quantitative estimate of drug-likeness (QED) is 0.272. The van der Waals surface area contributed by atoms with Gasteiger partial charge in [-0.3, -0.25) is 4.90 Å². The number of nitrogen functional groups attached to an aromatic ring is 1. The van der Waals surface area contributed by atoms with Gasteiger partial charge < -0.3 is 25.3 Å². The Balaban J connectivity index is 1.27. The molecule has 1 aliphatic rings. The molecular formula is C28H23F2N5O4. The lowest BCUT2D eigenvalue weighted by atomic mass is 10.1. The van der Waals surface area contributed by atoms with Crippen LogP contribution in [0.5, 0.6) is 11.5 Å². The van der Waals surface area contributed by atoms with E-state index in [0.29, 0.717) is 33.6 Å². The van der Waals surface area contributed by atoms with Crippen LogP contribution in [0.4, 0.5) is 25.1 Å². The first kappa shape index (κ1) is 24.4. The number of aromatic nitrogens is 3. The van der Waals surface area contributed by atoms with E-state index in [1.54, 1.807) is 36.4 Å². The number of rotatable bonds is 6. The number of nitrogens with two attached hydrogens (primary N) is 1. The number of para-hydroxylation sites is 1. The molecule has 1 saturated heterocycles. The molecule has 1 unspecified atom stereocenters. The average molecular weight is 532 g/mol. The first-order valence-electron chi connectivity index (χ1n) is 12.1. The van der Waals surface area contributed by atoms with Crippen LogP contribution in [0.1, 0.15) is 22.9 Å². The SMILES string of the molecule is Cc1cc(Oc2ccccc2F)ccc1-n1ncc(C(O)c2cc3cc(F)c(N4CCOC4=O)cc3[nH]2)c1N. The van der Waals surface area contributed by atoms with Crippen molar-refractivity contribution in [2.45, 2.75) is 13.0 Å². The molecule has 0 aliphatic carbocycles. The topological polar surface area (TPSA) is 119 Å². The monoisotopic (exact) mass is 531 g/mol. The third kappa shape index (κ3) is 4.32. The van der Waals surface area contributed by atoms with Crippen molar-refractivity contribution in [1.82, 2.24) is 14.8 Å². The van der Waals surface area contributed by atoms with Crippen LogP contribution in [0.25, 0.3) is 16.6 Å². The summed E-state index contributed by atoms with van der Waals surface area (Å²) in [5, 5.41) is 16.0. The molecule has 2 aromatic heterocycles. The van der Waals surface area contributed by atoms with Crippen molar-refractivity contribution in [2.24, 2.45) is 0 Å². The number of aryl methyl sites for hydroxylation is 1. The molecule has 6 rings (SSSR count). The highest BCUT2D eigenvalue weighted by atomic mass is 19.1. The van der Waals surface area contributed by atoms with Crippen LogP contribution in [0.2, 0.25) is 0 Å². The van der Waals surface area contributed by atoms with E-state index < -0.39 is 23.8 Å². The van der Waals surface area contributed by atoms with Crippen LogP contribution in [-0.4, -0.2) is 39.1 Å². The van der Waals surface area contributed by atoms with E-state index in [1.807, 2.05) is 6.92 Å². The minimum Gasteiger partial charge on any atom is -0.454 e. The third-order valence-corrected chi connectivity index (χ3v) is 6.65. The Morgan fingerprint density at radius 3 is 2.67 bits per heavy atom. The highest BCUT2D eigenvalue weighted by Gasteiger charge is 2.27. The minimum atomic E-state index is -1.18. The summed E-state index contributed by atoms with van der Waals surface area (Å²) in [6, 6.07) is 15.7. The number of halogens is 2. The van der Waals surface area contributed by atoms with Crippen molar-refractivity contribution in [3.63, 3.8) is 0 Å². The second-order valence-corrected chi connectivity index (χ2v) is 9.16. The average Bonchev–Trinajstić information content (AvgIpc) is 3.63. The van der Waals surface area contributed by atoms with Crippen molar-refractivity contribution >= 4 is 28.5 Å². The second-order valence-electron chi connectivity index (χ2n) is 9.16. The fourth-order valence-corrected chi connectivity index (χ4v) is 4.65. The molecule has 39 heavy (non-hydrogen) atoms. The predicted molar refractivity (Wildman–Crippen MR) is 140 cm³/mol. The molecule has 3 heterocycles. The van der Waals surface area contributed by atoms with Crippen LogP contribution in [-0.2, 0) is 4.74 Å². The molecule has 0 spiro atoms. The number of amides is 1. The van der Waals surface area contributed by atoms with Crippen molar-refractivity contribution in [2.75, 3.05) is 23.8 Å². The maximum absolute atomic E-state index is 14.8. The van der Waals surface area contributed by atoms with Crippen LogP contribution >= 0.6 is 0 Å². The zero-order valence-electron chi connectivity index (χ0n) is 20.7. The second kappa shape index (κ2) is 9.44. The molecule has 11 heteroatoms. The zero-order chi connectivity index (χ0) is 27.3. The molecule has 4 N–H and O–H groups in total. The van der Waals surface area contributed by atoms with Crippen molar-refractivity contribution in [1.29, 1.82) is 0 Å². The van der Waals surface area contributed by atoms with E-state index in [0.717, 1.165) is 5.56 Å². The van der Waals surface area contributed by atoms with Gasteiger partial charge in [0.15, 0.2) is 11.6 Å². The van der Waals surface area contributed by atoms with Crippen molar-refractivity contribution in [3.05, 3.63) is 95.3 Å². The molecule has 5 aromatic rings. The number of aromatic amines is 1. The molecule has 0 bridgehead atoms. The highest BCUT2D eigenvalue weighted by Crippen LogP contribution is 2.34. The lowest BCUT2D eigenvalue weighted by Crippen LogP contribution is -2.24. The fraction of sp³-hybridized carbons (Fsp3) is 0.143. The Labute approximate surface area is 221 Å². The normalized spacial score (nSPS) is 14.2. The lowest BCUT2D eigenvalue weighted by molar-refractivity contribution is 0.181. The number of carbonyl (C=O) groups is 1. The number of aliphatic hydroxyl groups is 1. The molecule has 198 valence electrons. The van der Waals surface area contributed by atoms with Crippen LogP contribution in [0.3, 0.4) is 0 Å². The Bertz CT molecular complexity index is 1730. The number of aliphatic hydroxyl groups excluding tert-OH is 1. The van der Waals surface area contributed by atoms with Crippen molar-refractivity contribution in [3.8, 4) is 17.2 Å². The Morgan fingerprint density at radius 2 is 1.92 bits per heavy atom. The summed E-state index contributed by atoms with van der Waals surface area (Å²) in [5.41, 5.74) is 9.15. The van der Waals surface area contributed by atoms with Gasteiger partial charge in [-0.25, -0.2) is 18.3 Å². The predicted octanol–water partition coefficient (Wildman–Crippen LogP) is 5.35. The van der Waals surface area contributed by atoms with Gasteiger partial charge in [-0.2, -0.15) is 5.10 Å².